The maximum absolute atomic E-state index is 5.49. The van der Waals surface area contributed by atoms with E-state index in [9.17, 15) is 0 Å². The fraction of sp³-hybridized carbons (Fsp3) is 0.750. The zero-order chi connectivity index (χ0) is 11.2. The second kappa shape index (κ2) is 6.01. The Morgan fingerprint density at radius 1 is 1.62 bits per heavy atom. The molecular weight excluding hydrogens is 202 g/mol. The van der Waals surface area contributed by atoms with E-state index in [4.69, 9.17) is 4.42 Å². The Morgan fingerprint density at radius 3 is 3.31 bits per heavy atom. The molecule has 1 saturated heterocycles. The van der Waals surface area contributed by atoms with Gasteiger partial charge in [-0.3, -0.25) is 0 Å². The average molecular weight is 223 g/mol. The van der Waals surface area contributed by atoms with E-state index in [0.29, 0.717) is 6.04 Å². The molecule has 0 aliphatic carbocycles. The van der Waals surface area contributed by atoms with Gasteiger partial charge >= 0.3 is 0 Å². The zero-order valence-corrected chi connectivity index (χ0v) is 9.96. The molecule has 16 heavy (non-hydrogen) atoms. The molecule has 4 heteroatoms. The normalized spacial score (nSPS) is 20.4. The Bertz CT molecular complexity index is 305. The van der Waals surface area contributed by atoms with Crippen molar-refractivity contribution in [1.82, 2.24) is 15.6 Å². The molecule has 0 radical (unpaired) electrons. The summed E-state index contributed by atoms with van der Waals surface area (Å²) in [5.41, 5.74) is 1.09. The highest BCUT2D eigenvalue weighted by Crippen LogP contribution is 2.12. The molecule has 0 spiro atoms. The highest BCUT2D eigenvalue weighted by Gasteiger charge is 2.16. The van der Waals surface area contributed by atoms with E-state index in [1.165, 1.54) is 12.8 Å². The molecule has 0 amide bonds. The van der Waals surface area contributed by atoms with Gasteiger partial charge < -0.3 is 15.1 Å². The van der Waals surface area contributed by atoms with Gasteiger partial charge in [0.25, 0.3) is 0 Å². The summed E-state index contributed by atoms with van der Waals surface area (Å²) in [5, 5.41) is 6.59. The van der Waals surface area contributed by atoms with E-state index >= 15 is 0 Å². The van der Waals surface area contributed by atoms with E-state index in [1.54, 1.807) is 6.26 Å². The monoisotopic (exact) mass is 223 g/mol. The number of aromatic nitrogens is 1. The number of oxazole rings is 1. The third-order valence-electron chi connectivity index (χ3n) is 3.04. The second-order valence-electron chi connectivity index (χ2n) is 4.44. The largest absolute Gasteiger partial charge is 0.449 e. The van der Waals surface area contributed by atoms with Crippen molar-refractivity contribution >= 4 is 0 Å². The molecule has 90 valence electrons. The van der Waals surface area contributed by atoms with E-state index in [-0.39, 0.29) is 0 Å². The molecule has 2 heterocycles. The van der Waals surface area contributed by atoms with Crippen LogP contribution < -0.4 is 10.6 Å². The first kappa shape index (κ1) is 11.6. The molecule has 4 nitrogen and oxygen atoms in total. The van der Waals surface area contributed by atoms with E-state index in [1.807, 2.05) is 7.05 Å². The van der Waals surface area contributed by atoms with Crippen LogP contribution in [0.5, 0.6) is 0 Å². The molecule has 2 N–H and O–H groups in total. The van der Waals surface area contributed by atoms with E-state index < -0.39 is 0 Å². The second-order valence-corrected chi connectivity index (χ2v) is 4.44. The molecule has 1 atom stereocenters. The van der Waals surface area contributed by atoms with Crippen molar-refractivity contribution < 1.29 is 4.42 Å². The molecule has 1 unspecified atom stereocenters. The van der Waals surface area contributed by atoms with Crippen LogP contribution in [0.2, 0.25) is 0 Å². The predicted octanol–water partition coefficient (Wildman–Crippen LogP) is 1.12. The van der Waals surface area contributed by atoms with Crippen LogP contribution in [0.3, 0.4) is 0 Å². The van der Waals surface area contributed by atoms with Gasteiger partial charge in [-0.2, -0.15) is 0 Å². The van der Waals surface area contributed by atoms with Crippen LogP contribution in [-0.4, -0.2) is 31.2 Å². The lowest BCUT2D eigenvalue weighted by atomic mass is 10.1. The van der Waals surface area contributed by atoms with Crippen LogP contribution in [0.4, 0.5) is 0 Å². The van der Waals surface area contributed by atoms with Crippen LogP contribution in [-0.2, 0) is 12.8 Å². The maximum Gasteiger partial charge on any atom is 0.195 e. The molecule has 2 rings (SSSR count). The number of hydrogen-bond acceptors (Lipinski definition) is 4. The van der Waals surface area contributed by atoms with Crippen molar-refractivity contribution in [1.29, 1.82) is 0 Å². The third-order valence-corrected chi connectivity index (χ3v) is 3.04. The average Bonchev–Trinajstić information content (AvgIpc) is 2.91. The van der Waals surface area contributed by atoms with Gasteiger partial charge in [-0.25, -0.2) is 4.98 Å². The minimum absolute atomic E-state index is 0.573. The van der Waals surface area contributed by atoms with Gasteiger partial charge in [0.05, 0.1) is 5.69 Å². The Labute approximate surface area is 96.8 Å². The van der Waals surface area contributed by atoms with Crippen LogP contribution in [0.25, 0.3) is 0 Å². The molecular formula is C12H21N3O. The fourth-order valence-corrected chi connectivity index (χ4v) is 2.15. The van der Waals surface area contributed by atoms with Crippen molar-refractivity contribution in [2.75, 3.05) is 20.1 Å². The lowest BCUT2D eigenvalue weighted by Crippen LogP contribution is -2.23. The summed E-state index contributed by atoms with van der Waals surface area (Å²) < 4.78 is 5.49. The first-order valence-corrected chi connectivity index (χ1v) is 6.20. The van der Waals surface area contributed by atoms with Gasteiger partial charge in [0.15, 0.2) is 5.89 Å². The molecule has 1 aliphatic rings. The lowest BCUT2D eigenvalue weighted by molar-refractivity contribution is 0.456. The standard InChI is InChI=1S/C12H21N3O/c1-13-6-2-5-11-9-16-12(15-11)8-10-4-3-7-14-10/h9-10,13-14H,2-8H2,1H3. The number of rotatable bonds is 6. The summed E-state index contributed by atoms with van der Waals surface area (Å²) in [6.07, 6.45) is 7.39. The summed E-state index contributed by atoms with van der Waals surface area (Å²) in [6, 6.07) is 0.573. The molecule has 0 bridgehead atoms. The van der Waals surface area contributed by atoms with Gasteiger partial charge in [0.1, 0.15) is 6.26 Å². The van der Waals surface area contributed by atoms with Crippen molar-refractivity contribution in [3.8, 4) is 0 Å². The van der Waals surface area contributed by atoms with Crippen molar-refractivity contribution in [3.63, 3.8) is 0 Å². The van der Waals surface area contributed by atoms with Gasteiger partial charge in [-0.1, -0.05) is 0 Å². The summed E-state index contributed by atoms with van der Waals surface area (Å²) in [7, 11) is 1.97. The molecule has 0 saturated carbocycles. The highest BCUT2D eigenvalue weighted by atomic mass is 16.3. The smallest absolute Gasteiger partial charge is 0.195 e. The summed E-state index contributed by atoms with van der Waals surface area (Å²) >= 11 is 0. The van der Waals surface area contributed by atoms with Gasteiger partial charge in [0.2, 0.25) is 0 Å². The SMILES string of the molecule is CNCCCc1coc(CC2CCCN2)n1. The predicted molar refractivity (Wildman–Crippen MR) is 63.5 cm³/mol. The first-order chi connectivity index (χ1) is 7.88. The summed E-state index contributed by atoms with van der Waals surface area (Å²) in [4.78, 5) is 4.51. The van der Waals surface area contributed by atoms with Crippen molar-refractivity contribution in [2.45, 2.75) is 38.1 Å². The van der Waals surface area contributed by atoms with Crippen molar-refractivity contribution in [2.24, 2.45) is 0 Å². The van der Waals surface area contributed by atoms with E-state index in [0.717, 1.165) is 43.9 Å². The van der Waals surface area contributed by atoms with Gasteiger partial charge in [-0.15, -0.1) is 0 Å². The topological polar surface area (TPSA) is 50.1 Å². The zero-order valence-electron chi connectivity index (χ0n) is 9.96. The summed E-state index contributed by atoms with van der Waals surface area (Å²) in [5.74, 6) is 0.888. The first-order valence-electron chi connectivity index (χ1n) is 6.20. The summed E-state index contributed by atoms with van der Waals surface area (Å²) in [6.45, 7) is 2.17. The number of hydrogen-bond donors (Lipinski definition) is 2. The highest BCUT2D eigenvalue weighted by molar-refractivity contribution is 4.99. The van der Waals surface area contributed by atoms with Gasteiger partial charge in [0, 0.05) is 12.5 Å². The minimum atomic E-state index is 0.573. The third kappa shape index (κ3) is 3.32. The van der Waals surface area contributed by atoms with Crippen LogP contribution in [0.1, 0.15) is 30.8 Å². The fourth-order valence-electron chi connectivity index (χ4n) is 2.15. The number of nitrogens with one attached hydrogen (secondary N) is 2. The Hall–Kier alpha value is -0.870. The molecule has 1 aromatic heterocycles. The quantitative estimate of drug-likeness (QED) is 0.710. The van der Waals surface area contributed by atoms with Gasteiger partial charge in [-0.05, 0) is 45.8 Å². The molecule has 1 aromatic rings. The Kier molecular flexibility index (Phi) is 4.36. The van der Waals surface area contributed by atoms with E-state index in [2.05, 4.69) is 15.6 Å². The minimum Gasteiger partial charge on any atom is -0.449 e. The van der Waals surface area contributed by atoms with Crippen LogP contribution in [0.15, 0.2) is 10.7 Å². The molecule has 0 aromatic carbocycles. The number of aryl methyl sites for hydroxylation is 1. The molecule has 1 aliphatic heterocycles. The van der Waals surface area contributed by atoms with Crippen molar-refractivity contribution in [3.05, 3.63) is 17.8 Å². The Balaban J connectivity index is 1.77. The number of nitrogens with zero attached hydrogens (tertiary/aromatic N) is 1. The lowest BCUT2D eigenvalue weighted by Gasteiger charge is -2.05. The van der Waals surface area contributed by atoms with Crippen LogP contribution in [0, 0.1) is 0 Å². The maximum atomic E-state index is 5.49. The Morgan fingerprint density at radius 2 is 2.56 bits per heavy atom. The van der Waals surface area contributed by atoms with Crippen LogP contribution >= 0.6 is 0 Å². The molecule has 1 fully saturated rings.